The third-order valence-electron chi connectivity index (χ3n) is 5.46. The van der Waals surface area contributed by atoms with Gasteiger partial charge in [0.2, 0.25) is 0 Å². The Labute approximate surface area is 194 Å². The van der Waals surface area contributed by atoms with Crippen molar-refractivity contribution >= 4 is 23.3 Å². The lowest BCUT2D eigenvalue weighted by atomic mass is 10.1. The number of halogens is 3. The second-order valence-electron chi connectivity index (χ2n) is 7.84. The molecule has 1 aliphatic rings. The predicted molar refractivity (Wildman–Crippen MR) is 121 cm³/mol. The van der Waals surface area contributed by atoms with E-state index in [4.69, 9.17) is 27.8 Å². The molecule has 1 saturated heterocycles. The van der Waals surface area contributed by atoms with Crippen LogP contribution in [0, 0.1) is 11.6 Å². The molecule has 7 nitrogen and oxygen atoms in total. The summed E-state index contributed by atoms with van der Waals surface area (Å²) in [6.45, 7) is 2.62. The molecule has 0 saturated carbocycles. The smallest absolute Gasteiger partial charge is 0.258 e. The van der Waals surface area contributed by atoms with E-state index in [2.05, 4.69) is 9.97 Å². The van der Waals surface area contributed by atoms with Gasteiger partial charge in [0, 0.05) is 35.8 Å². The zero-order valence-corrected chi connectivity index (χ0v) is 18.5. The lowest BCUT2D eigenvalue weighted by Crippen LogP contribution is -2.31. The molecule has 2 aromatic carbocycles. The maximum Gasteiger partial charge on any atom is 0.258 e. The third kappa shape index (κ3) is 4.74. The van der Waals surface area contributed by atoms with Gasteiger partial charge < -0.3 is 21.1 Å². The minimum Gasteiger partial charge on any atom is -0.467 e. The summed E-state index contributed by atoms with van der Waals surface area (Å²) in [5.41, 5.74) is 13.2. The Morgan fingerprint density at radius 2 is 2.03 bits per heavy atom. The van der Waals surface area contributed by atoms with Crippen LogP contribution in [-0.2, 0) is 0 Å². The first-order chi connectivity index (χ1) is 15.7. The maximum absolute atomic E-state index is 14.3. The molecular weight excluding hydrogens is 452 g/mol. The first-order valence-electron chi connectivity index (χ1n) is 10.3. The molecule has 1 fully saturated rings. The number of hydrogen-bond acceptors (Lipinski definition) is 6. The van der Waals surface area contributed by atoms with Crippen molar-refractivity contribution in [3.05, 3.63) is 70.4 Å². The van der Waals surface area contributed by atoms with E-state index in [1.54, 1.807) is 29.2 Å². The van der Waals surface area contributed by atoms with E-state index in [0.717, 1.165) is 18.6 Å². The zero-order chi connectivity index (χ0) is 23.7. The first kappa shape index (κ1) is 22.9. The highest BCUT2D eigenvalue weighted by Crippen LogP contribution is 2.33. The second kappa shape index (κ2) is 9.29. The Bertz CT molecular complexity index is 1210. The molecule has 1 aliphatic heterocycles. The van der Waals surface area contributed by atoms with E-state index in [1.807, 2.05) is 0 Å². The molecule has 0 aliphatic carbocycles. The van der Waals surface area contributed by atoms with Crippen molar-refractivity contribution in [2.75, 3.05) is 18.8 Å². The molecule has 1 unspecified atom stereocenters. The molecular formula is C23H22ClF2N5O2. The van der Waals surface area contributed by atoms with E-state index < -0.39 is 17.7 Å². The first-order valence-corrected chi connectivity index (χ1v) is 10.7. The summed E-state index contributed by atoms with van der Waals surface area (Å²) in [5.74, 6) is -1.70. The van der Waals surface area contributed by atoms with E-state index >= 15 is 0 Å². The number of anilines is 1. The van der Waals surface area contributed by atoms with Crippen LogP contribution in [0.15, 0.2) is 42.6 Å². The van der Waals surface area contributed by atoms with Crippen molar-refractivity contribution in [3.63, 3.8) is 0 Å². The number of carbonyl (C=O) groups is 1. The molecule has 10 heteroatoms. The predicted octanol–water partition coefficient (Wildman–Crippen LogP) is 3.97. The van der Waals surface area contributed by atoms with Gasteiger partial charge in [-0.1, -0.05) is 23.7 Å². The minimum absolute atomic E-state index is 0.0155. The van der Waals surface area contributed by atoms with Crippen LogP contribution in [-0.4, -0.2) is 39.9 Å². The standard InChI is InChI=1S/C23H22ClF2N5O2/c1-12(19-16(25)5-6-17(26)20(19)24)33-22-21(28)29-10-18(30-22)13-3-2-4-14(9-13)23(32)31-8-7-15(27)11-31/h2-6,9-10,12,15H,7-8,11,27H2,1H3,(H2,28,29)/t12?,15-/m1/s1. The lowest BCUT2D eigenvalue weighted by molar-refractivity contribution is 0.0791. The second-order valence-corrected chi connectivity index (χ2v) is 8.22. The highest BCUT2D eigenvalue weighted by atomic mass is 35.5. The number of likely N-dealkylation sites (tertiary alicyclic amines) is 1. The fraction of sp³-hybridized carbons (Fsp3) is 0.261. The van der Waals surface area contributed by atoms with Crippen molar-refractivity contribution < 1.29 is 18.3 Å². The SMILES string of the molecule is CC(Oc1nc(-c2cccc(C(=O)N3CC[C@@H](N)C3)c2)cnc1N)c1c(F)ccc(F)c1Cl. The number of nitrogens with two attached hydrogens (primary N) is 2. The van der Waals surface area contributed by atoms with Crippen LogP contribution >= 0.6 is 11.6 Å². The van der Waals surface area contributed by atoms with Crippen LogP contribution in [0.2, 0.25) is 5.02 Å². The van der Waals surface area contributed by atoms with Gasteiger partial charge in [-0.3, -0.25) is 4.79 Å². The minimum atomic E-state index is -0.993. The molecule has 0 spiro atoms. The van der Waals surface area contributed by atoms with Gasteiger partial charge in [-0.05, 0) is 37.6 Å². The summed E-state index contributed by atoms with van der Waals surface area (Å²) in [6.07, 6.45) is 1.22. The van der Waals surface area contributed by atoms with E-state index in [0.29, 0.717) is 29.9 Å². The van der Waals surface area contributed by atoms with Gasteiger partial charge in [-0.2, -0.15) is 0 Å². The zero-order valence-electron chi connectivity index (χ0n) is 17.8. The quantitative estimate of drug-likeness (QED) is 0.543. The average molecular weight is 474 g/mol. The Balaban J connectivity index is 1.61. The van der Waals surface area contributed by atoms with Gasteiger partial charge in [-0.15, -0.1) is 0 Å². The largest absolute Gasteiger partial charge is 0.467 e. The van der Waals surface area contributed by atoms with Gasteiger partial charge >= 0.3 is 0 Å². The summed E-state index contributed by atoms with van der Waals surface area (Å²) in [4.78, 5) is 23.0. The van der Waals surface area contributed by atoms with Gasteiger partial charge in [-0.25, -0.2) is 18.7 Å². The Kier molecular flexibility index (Phi) is 6.44. The van der Waals surface area contributed by atoms with Crippen molar-refractivity contribution in [1.29, 1.82) is 0 Å². The van der Waals surface area contributed by atoms with E-state index in [9.17, 15) is 13.6 Å². The summed E-state index contributed by atoms with van der Waals surface area (Å²) in [7, 11) is 0. The van der Waals surface area contributed by atoms with Crippen molar-refractivity contribution in [2.24, 2.45) is 5.73 Å². The number of rotatable bonds is 5. The molecule has 172 valence electrons. The van der Waals surface area contributed by atoms with Crippen LogP contribution in [0.1, 0.15) is 35.4 Å². The summed E-state index contributed by atoms with van der Waals surface area (Å²) in [6, 6.07) is 8.81. The van der Waals surface area contributed by atoms with E-state index in [1.165, 1.54) is 13.1 Å². The highest BCUT2D eigenvalue weighted by molar-refractivity contribution is 6.31. The van der Waals surface area contributed by atoms with Crippen LogP contribution in [0.3, 0.4) is 0 Å². The average Bonchev–Trinajstić information content (AvgIpc) is 3.24. The van der Waals surface area contributed by atoms with Gasteiger partial charge in [0.15, 0.2) is 5.82 Å². The number of hydrogen-bond donors (Lipinski definition) is 2. The van der Waals surface area contributed by atoms with E-state index in [-0.39, 0.29) is 34.2 Å². The van der Waals surface area contributed by atoms with Crippen LogP contribution in [0.25, 0.3) is 11.3 Å². The summed E-state index contributed by atoms with van der Waals surface area (Å²) >= 11 is 5.93. The Hall–Kier alpha value is -3.30. The number of nitrogens with zero attached hydrogens (tertiary/aromatic N) is 3. The van der Waals surface area contributed by atoms with Gasteiger partial charge in [0.05, 0.1) is 16.9 Å². The Morgan fingerprint density at radius 1 is 1.27 bits per heavy atom. The monoisotopic (exact) mass is 473 g/mol. The molecule has 4 N–H and O–H groups in total. The number of ether oxygens (including phenoxy) is 1. The maximum atomic E-state index is 14.3. The van der Waals surface area contributed by atoms with Crippen LogP contribution < -0.4 is 16.2 Å². The van der Waals surface area contributed by atoms with Crippen LogP contribution in [0.5, 0.6) is 5.88 Å². The molecule has 0 radical (unpaired) electrons. The number of carbonyl (C=O) groups excluding carboxylic acids is 1. The molecule has 3 aromatic rings. The normalized spacial score (nSPS) is 16.6. The third-order valence-corrected chi connectivity index (χ3v) is 5.84. The van der Waals surface area contributed by atoms with Crippen molar-refractivity contribution in [2.45, 2.75) is 25.5 Å². The van der Waals surface area contributed by atoms with Crippen molar-refractivity contribution in [1.82, 2.24) is 14.9 Å². The summed E-state index contributed by atoms with van der Waals surface area (Å²) < 4.78 is 33.8. The van der Waals surface area contributed by atoms with Gasteiger partial charge in [0.25, 0.3) is 11.8 Å². The molecule has 1 amide bonds. The summed E-state index contributed by atoms with van der Waals surface area (Å²) in [5, 5.41) is -0.377. The van der Waals surface area contributed by atoms with Crippen molar-refractivity contribution in [3.8, 4) is 17.1 Å². The lowest BCUT2D eigenvalue weighted by Gasteiger charge is -2.18. The number of nitrogen functional groups attached to an aromatic ring is 1. The Morgan fingerprint density at radius 3 is 2.76 bits per heavy atom. The number of amides is 1. The molecule has 2 heterocycles. The molecule has 1 aromatic heterocycles. The number of benzene rings is 2. The fourth-order valence-electron chi connectivity index (χ4n) is 3.71. The molecule has 0 bridgehead atoms. The fourth-order valence-corrected chi connectivity index (χ4v) is 4.02. The van der Waals surface area contributed by atoms with Crippen LogP contribution in [0.4, 0.5) is 14.6 Å². The molecule has 4 rings (SSSR count). The van der Waals surface area contributed by atoms with Gasteiger partial charge in [0.1, 0.15) is 17.7 Å². The molecule has 33 heavy (non-hydrogen) atoms. The highest BCUT2D eigenvalue weighted by Gasteiger charge is 2.25. The topological polar surface area (TPSA) is 107 Å². The number of aromatic nitrogens is 2. The molecule has 2 atom stereocenters.